The average Bonchev–Trinajstić information content (AvgIpc) is 2.47. The molecule has 0 aromatic heterocycles. The minimum Gasteiger partial charge on any atom is -0.456 e. The largest absolute Gasteiger partial charge is 0.456 e. The van der Waals surface area contributed by atoms with Crippen LogP contribution in [0.3, 0.4) is 0 Å². The third kappa shape index (κ3) is 2.15. The fourth-order valence-corrected chi connectivity index (χ4v) is 2.28. The third-order valence-corrected chi connectivity index (χ3v) is 3.86. The average molecular weight is 249 g/mol. The molecule has 6 heteroatoms. The predicted octanol–water partition coefficient (Wildman–Crippen LogP) is 0.686. The van der Waals surface area contributed by atoms with Gasteiger partial charge in [0.2, 0.25) is 0 Å². The summed E-state index contributed by atoms with van der Waals surface area (Å²) in [6.07, 6.45) is -1.10. The molecule has 1 saturated carbocycles. The van der Waals surface area contributed by atoms with Crippen LogP contribution in [0.25, 0.3) is 0 Å². The summed E-state index contributed by atoms with van der Waals surface area (Å²) in [7, 11) is 0. The zero-order chi connectivity index (χ0) is 12.8. The standard InChI is InChI=1S/C11H17F2NO3/c1-10(2)7(3-8(10)15)14-5-6-4-11(12,13)9(16)17-6/h6-8,14-15H,3-5H2,1-2H3. The van der Waals surface area contributed by atoms with E-state index in [1.807, 2.05) is 13.8 Å². The van der Waals surface area contributed by atoms with Gasteiger partial charge < -0.3 is 15.2 Å². The number of aliphatic hydroxyl groups is 1. The van der Waals surface area contributed by atoms with Crippen molar-refractivity contribution in [2.45, 2.75) is 50.9 Å². The molecule has 0 radical (unpaired) electrons. The number of alkyl halides is 2. The number of hydrogen-bond acceptors (Lipinski definition) is 4. The van der Waals surface area contributed by atoms with E-state index in [9.17, 15) is 18.7 Å². The number of nitrogens with one attached hydrogen (secondary N) is 1. The second kappa shape index (κ2) is 3.88. The number of rotatable bonds is 3. The molecule has 0 bridgehead atoms. The van der Waals surface area contributed by atoms with E-state index in [0.29, 0.717) is 6.42 Å². The lowest BCUT2D eigenvalue weighted by Crippen LogP contribution is -2.60. The Morgan fingerprint density at radius 3 is 2.59 bits per heavy atom. The van der Waals surface area contributed by atoms with Crippen molar-refractivity contribution >= 4 is 5.97 Å². The summed E-state index contributed by atoms with van der Waals surface area (Å²) in [5.41, 5.74) is -0.259. The summed E-state index contributed by atoms with van der Waals surface area (Å²) < 4.78 is 30.3. The van der Waals surface area contributed by atoms with Crippen LogP contribution in [0.1, 0.15) is 26.7 Å². The van der Waals surface area contributed by atoms with E-state index in [1.165, 1.54) is 0 Å². The Morgan fingerprint density at radius 1 is 1.53 bits per heavy atom. The summed E-state index contributed by atoms with van der Waals surface area (Å²) in [4.78, 5) is 10.8. The Kier molecular flexibility index (Phi) is 2.90. The maximum atomic E-state index is 12.9. The minimum atomic E-state index is -3.35. The van der Waals surface area contributed by atoms with Crippen LogP contribution in [-0.2, 0) is 9.53 Å². The first kappa shape index (κ1) is 12.7. The van der Waals surface area contributed by atoms with E-state index in [0.717, 1.165) is 0 Å². The summed E-state index contributed by atoms with van der Waals surface area (Å²) in [5, 5.41) is 12.6. The third-order valence-electron chi connectivity index (χ3n) is 3.86. The van der Waals surface area contributed by atoms with Crippen LogP contribution in [0, 0.1) is 5.41 Å². The van der Waals surface area contributed by atoms with E-state index in [-0.39, 0.29) is 24.1 Å². The van der Waals surface area contributed by atoms with Crippen LogP contribution in [0.15, 0.2) is 0 Å². The van der Waals surface area contributed by atoms with Crippen molar-refractivity contribution in [3.05, 3.63) is 0 Å². The molecule has 1 aliphatic carbocycles. The predicted molar refractivity (Wildman–Crippen MR) is 55.6 cm³/mol. The highest BCUT2D eigenvalue weighted by Crippen LogP contribution is 2.40. The lowest BCUT2D eigenvalue weighted by atomic mass is 9.64. The van der Waals surface area contributed by atoms with Gasteiger partial charge in [-0.3, -0.25) is 0 Å². The zero-order valence-electron chi connectivity index (χ0n) is 9.87. The first-order valence-corrected chi connectivity index (χ1v) is 5.74. The van der Waals surface area contributed by atoms with Gasteiger partial charge in [-0.1, -0.05) is 13.8 Å². The molecule has 0 spiro atoms. The Labute approximate surface area is 98.3 Å². The van der Waals surface area contributed by atoms with Gasteiger partial charge in [0.05, 0.1) is 12.5 Å². The number of carbonyl (C=O) groups excluding carboxylic acids is 1. The normalized spacial score (nSPS) is 38.6. The van der Waals surface area contributed by atoms with Crippen LogP contribution < -0.4 is 5.32 Å². The van der Waals surface area contributed by atoms with Crippen molar-refractivity contribution in [3.63, 3.8) is 0 Å². The highest BCUT2D eigenvalue weighted by Gasteiger charge is 2.52. The first-order valence-electron chi connectivity index (χ1n) is 5.74. The molecule has 0 amide bonds. The molecular formula is C11H17F2NO3. The molecule has 4 nitrogen and oxygen atoms in total. The van der Waals surface area contributed by atoms with Crippen LogP contribution in [-0.4, -0.2) is 41.8 Å². The van der Waals surface area contributed by atoms with E-state index in [2.05, 4.69) is 10.1 Å². The Morgan fingerprint density at radius 2 is 2.18 bits per heavy atom. The molecular weight excluding hydrogens is 232 g/mol. The van der Waals surface area contributed by atoms with Gasteiger partial charge >= 0.3 is 11.9 Å². The van der Waals surface area contributed by atoms with Gasteiger partial charge in [-0.2, -0.15) is 8.78 Å². The number of carbonyl (C=O) groups is 1. The van der Waals surface area contributed by atoms with Crippen molar-refractivity contribution in [1.82, 2.24) is 5.32 Å². The summed E-state index contributed by atoms with van der Waals surface area (Å²) in [6, 6.07) is 0.0745. The topological polar surface area (TPSA) is 58.6 Å². The Balaban J connectivity index is 1.80. The van der Waals surface area contributed by atoms with E-state index >= 15 is 0 Å². The number of esters is 1. The van der Waals surface area contributed by atoms with Crippen molar-refractivity contribution in [2.75, 3.05) is 6.54 Å². The summed E-state index contributed by atoms with van der Waals surface area (Å²) >= 11 is 0. The quantitative estimate of drug-likeness (QED) is 0.722. The molecule has 1 aliphatic heterocycles. The number of ether oxygens (including phenoxy) is 1. The molecule has 1 saturated heterocycles. The molecule has 0 aromatic rings. The Bertz CT molecular complexity index is 333. The zero-order valence-corrected chi connectivity index (χ0v) is 9.87. The van der Waals surface area contributed by atoms with Crippen LogP contribution in [0.5, 0.6) is 0 Å². The van der Waals surface area contributed by atoms with Gasteiger partial charge in [-0.15, -0.1) is 0 Å². The van der Waals surface area contributed by atoms with Crippen molar-refractivity contribution in [3.8, 4) is 0 Å². The molecule has 3 atom stereocenters. The highest BCUT2D eigenvalue weighted by molar-refractivity contribution is 5.79. The van der Waals surface area contributed by atoms with Crippen LogP contribution >= 0.6 is 0 Å². The number of aliphatic hydroxyl groups excluding tert-OH is 1. The molecule has 2 aliphatic rings. The molecule has 0 aromatic carbocycles. The van der Waals surface area contributed by atoms with Crippen LogP contribution in [0.4, 0.5) is 8.78 Å². The first-order chi connectivity index (χ1) is 7.73. The fourth-order valence-electron chi connectivity index (χ4n) is 2.28. The number of halogens is 2. The highest BCUT2D eigenvalue weighted by atomic mass is 19.3. The van der Waals surface area contributed by atoms with Gasteiger partial charge in [0.1, 0.15) is 6.10 Å². The number of cyclic esters (lactones) is 1. The molecule has 2 rings (SSSR count). The van der Waals surface area contributed by atoms with Gasteiger partial charge in [-0.25, -0.2) is 4.79 Å². The Hall–Kier alpha value is -0.750. The van der Waals surface area contributed by atoms with E-state index in [1.54, 1.807) is 0 Å². The maximum absolute atomic E-state index is 12.9. The monoisotopic (exact) mass is 249 g/mol. The van der Waals surface area contributed by atoms with E-state index < -0.39 is 24.4 Å². The maximum Gasteiger partial charge on any atom is 0.377 e. The summed E-state index contributed by atoms with van der Waals surface area (Å²) in [5.74, 6) is -4.78. The van der Waals surface area contributed by atoms with Crippen molar-refractivity contribution < 1.29 is 23.4 Å². The van der Waals surface area contributed by atoms with E-state index in [4.69, 9.17) is 0 Å². The van der Waals surface area contributed by atoms with Gasteiger partial charge in [0, 0.05) is 18.0 Å². The SMILES string of the molecule is CC1(C)C(O)CC1NCC1CC(F)(F)C(=O)O1. The number of hydrogen-bond donors (Lipinski definition) is 2. The van der Waals surface area contributed by atoms with Crippen molar-refractivity contribution in [1.29, 1.82) is 0 Å². The minimum absolute atomic E-state index is 0.0745. The van der Waals surface area contributed by atoms with Gasteiger partial charge in [0.15, 0.2) is 0 Å². The van der Waals surface area contributed by atoms with Crippen LogP contribution in [0.2, 0.25) is 0 Å². The second-order valence-electron chi connectivity index (χ2n) is 5.47. The summed E-state index contributed by atoms with van der Waals surface area (Å²) in [6.45, 7) is 4.03. The molecule has 2 fully saturated rings. The molecule has 1 heterocycles. The molecule has 17 heavy (non-hydrogen) atoms. The lowest BCUT2D eigenvalue weighted by molar-refractivity contribution is -0.159. The van der Waals surface area contributed by atoms with Crippen molar-refractivity contribution in [2.24, 2.45) is 5.41 Å². The smallest absolute Gasteiger partial charge is 0.377 e. The molecule has 98 valence electrons. The van der Waals surface area contributed by atoms with Gasteiger partial charge in [0.25, 0.3) is 0 Å². The molecule has 2 N–H and O–H groups in total. The van der Waals surface area contributed by atoms with Gasteiger partial charge in [-0.05, 0) is 6.42 Å². The second-order valence-corrected chi connectivity index (χ2v) is 5.47. The lowest BCUT2D eigenvalue weighted by Gasteiger charge is -2.49. The molecule has 3 unspecified atom stereocenters. The fraction of sp³-hybridized carbons (Fsp3) is 0.909.